The zero-order valence-corrected chi connectivity index (χ0v) is 19.9. The highest BCUT2D eigenvalue weighted by atomic mass is 16.6. The first kappa shape index (κ1) is 22.1. The second-order valence-corrected chi connectivity index (χ2v) is 9.02. The molecule has 3 heterocycles. The quantitative estimate of drug-likeness (QED) is 0.335. The molecule has 7 heteroatoms. The van der Waals surface area contributed by atoms with Gasteiger partial charge in [-0.05, 0) is 42.3 Å². The molecule has 6 rings (SSSR count). The maximum Gasteiger partial charge on any atom is 0.252 e. The molecular formula is C29H26N4O3. The fourth-order valence-corrected chi connectivity index (χ4v) is 4.61. The topological polar surface area (TPSA) is 102 Å². The second kappa shape index (κ2) is 9.02. The second-order valence-electron chi connectivity index (χ2n) is 9.02. The molecule has 0 aliphatic carbocycles. The summed E-state index contributed by atoms with van der Waals surface area (Å²) in [5.74, 6) is 1.08. The van der Waals surface area contributed by atoms with Crippen LogP contribution < -0.4 is 20.5 Å². The van der Waals surface area contributed by atoms with Crippen LogP contribution in [0.15, 0.2) is 66.9 Å². The van der Waals surface area contributed by atoms with Crippen LogP contribution in [-0.2, 0) is 13.1 Å². The number of pyridine rings is 1. The lowest BCUT2D eigenvalue weighted by Crippen LogP contribution is -2.23. The number of aryl methyl sites for hydroxylation is 1. The Kier molecular flexibility index (Phi) is 5.54. The van der Waals surface area contributed by atoms with E-state index in [2.05, 4.69) is 35.4 Å². The van der Waals surface area contributed by atoms with Gasteiger partial charge in [-0.25, -0.2) is 4.98 Å². The molecule has 1 aliphatic rings. The number of rotatable bonds is 5. The molecule has 0 spiro atoms. The average molecular weight is 479 g/mol. The minimum absolute atomic E-state index is 0.181. The standard InChI is InChI=1S/C29H26N4O3/c1-17-2-7-24-20(10-17)23(16-31-24)25-11-22(29(34)32-15-19-5-3-18(14-30)4-6-19)21-12-27-28(13-26(21)33-25)36-9-8-35-27/h2-7,10-13,16,31H,8-9,14-15,30H2,1H3,(H,32,34). The van der Waals surface area contributed by atoms with E-state index in [1.165, 1.54) is 0 Å². The van der Waals surface area contributed by atoms with Gasteiger partial charge >= 0.3 is 0 Å². The van der Waals surface area contributed by atoms with Gasteiger partial charge in [0.2, 0.25) is 0 Å². The van der Waals surface area contributed by atoms with E-state index in [-0.39, 0.29) is 5.91 Å². The number of aromatic nitrogens is 2. The summed E-state index contributed by atoms with van der Waals surface area (Å²) in [6, 6.07) is 19.7. The third kappa shape index (κ3) is 4.03. The predicted molar refractivity (Wildman–Crippen MR) is 140 cm³/mol. The molecule has 0 atom stereocenters. The summed E-state index contributed by atoms with van der Waals surface area (Å²) >= 11 is 0. The van der Waals surface area contributed by atoms with Gasteiger partial charge in [0.1, 0.15) is 13.2 Å². The van der Waals surface area contributed by atoms with Crippen LogP contribution in [0.5, 0.6) is 11.5 Å². The molecule has 7 nitrogen and oxygen atoms in total. The number of ether oxygens (including phenoxy) is 2. The van der Waals surface area contributed by atoms with Gasteiger partial charge in [0.25, 0.3) is 5.91 Å². The van der Waals surface area contributed by atoms with Gasteiger partial charge in [-0.1, -0.05) is 35.9 Å². The van der Waals surface area contributed by atoms with Crippen LogP contribution in [0, 0.1) is 6.92 Å². The number of H-pyrrole nitrogens is 1. The van der Waals surface area contributed by atoms with Gasteiger partial charge in [0.05, 0.1) is 16.8 Å². The van der Waals surface area contributed by atoms with Crippen molar-refractivity contribution in [1.82, 2.24) is 15.3 Å². The zero-order valence-electron chi connectivity index (χ0n) is 19.9. The predicted octanol–water partition coefficient (Wildman–Crippen LogP) is 4.85. The Bertz CT molecular complexity index is 1610. The van der Waals surface area contributed by atoms with Gasteiger partial charge in [-0.3, -0.25) is 4.79 Å². The number of nitrogens with zero attached hydrogens (tertiary/aromatic N) is 1. The van der Waals surface area contributed by atoms with Crippen LogP contribution in [0.2, 0.25) is 0 Å². The lowest BCUT2D eigenvalue weighted by atomic mass is 10.0. The first-order valence-corrected chi connectivity index (χ1v) is 12.0. The van der Waals surface area contributed by atoms with E-state index >= 15 is 0 Å². The number of nitrogens with two attached hydrogens (primary N) is 1. The minimum atomic E-state index is -0.181. The Morgan fingerprint density at radius 2 is 1.72 bits per heavy atom. The monoisotopic (exact) mass is 478 g/mol. The molecule has 0 radical (unpaired) electrons. The number of aromatic amines is 1. The summed E-state index contributed by atoms with van der Waals surface area (Å²) in [4.78, 5) is 21.8. The number of benzene rings is 3. The molecule has 36 heavy (non-hydrogen) atoms. The number of hydrogen-bond acceptors (Lipinski definition) is 5. The highest BCUT2D eigenvalue weighted by Gasteiger charge is 2.20. The number of carbonyl (C=O) groups excluding carboxylic acids is 1. The van der Waals surface area contributed by atoms with E-state index in [1.807, 2.05) is 48.7 Å². The van der Waals surface area contributed by atoms with Crippen LogP contribution in [0.4, 0.5) is 0 Å². The number of carbonyl (C=O) groups is 1. The summed E-state index contributed by atoms with van der Waals surface area (Å²) in [7, 11) is 0. The molecule has 0 unspecified atom stereocenters. The molecule has 4 N–H and O–H groups in total. The summed E-state index contributed by atoms with van der Waals surface area (Å²) in [5, 5.41) is 4.84. The van der Waals surface area contributed by atoms with E-state index in [4.69, 9.17) is 20.2 Å². The molecule has 0 bridgehead atoms. The molecule has 1 aliphatic heterocycles. The Balaban J connectivity index is 1.44. The Morgan fingerprint density at radius 3 is 2.50 bits per heavy atom. The first-order valence-electron chi connectivity index (χ1n) is 12.0. The van der Waals surface area contributed by atoms with Crippen molar-refractivity contribution in [2.45, 2.75) is 20.0 Å². The van der Waals surface area contributed by atoms with E-state index in [1.54, 1.807) is 0 Å². The third-order valence-electron chi connectivity index (χ3n) is 6.54. The zero-order chi connectivity index (χ0) is 24.6. The summed E-state index contributed by atoms with van der Waals surface area (Å²) in [6.07, 6.45) is 1.94. The lowest BCUT2D eigenvalue weighted by Gasteiger charge is -2.19. The maximum absolute atomic E-state index is 13.5. The summed E-state index contributed by atoms with van der Waals surface area (Å²) in [5.41, 5.74) is 12.8. The molecule has 0 saturated carbocycles. The number of nitrogens with one attached hydrogen (secondary N) is 2. The van der Waals surface area contributed by atoms with E-state index < -0.39 is 0 Å². The van der Waals surface area contributed by atoms with Crippen LogP contribution >= 0.6 is 0 Å². The molecule has 2 aromatic heterocycles. The van der Waals surface area contributed by atoms with E-state index in [0.717, 1.165) is 38.5 Å². The number of hydrogen-bond donors (Lipinski definition) is 3. The molecule has 5 aromatic rings. The smallest absolute Gasteiger partial charge is 0.252 e. The van der Waals surface area contributed by atoms with E-state index in [9.17, 15) is 4.79 Å². The van der Waals surface area contributed by atoms with Gasteiger partial charge in [-0.15, -0.1) is 0 Å². The van der Waals surface area contributed by atoms with Crippen LogP contribution in [0.25, 0.3) is 33.1 Å². The summed E-state index contributed by atoms with van der Waals surface area (Å²) < 4.78 is 11.6. The highest BCUT2D eigenvalue weighted by Crippen LogP contribution is 2.37. The SMILES string of the molecule is Cc1ccc2[nH]cc(-c3cc(C(=O)NCc4ccc(CN)cc4)c4cc5c(cc4n3)OCCO5)c2c1. The molecule has 0 fully saturated rings. The number of amides is 1. The third-order valence-corrected chi connectivity index (χ3v) is 6.54. The van der Waals surface area contributed by atoms with E-state index in [0.29, 0.717) is 54.6 Å². The van der Waals surface area contributed by atoms with Crippen LogP contribution in [0.1, 0.15) is 27.0 Å². The Morgan fingerprint density at radius 1 is 0.972 bits per heavy atom. The molecule has 0 saturated heterocycles. The van der Waals surface area contributed by atoms with Crippen molar-refractivity contribution in [1.29, 1.82) is 0 Å². The van der Waals surface area contributed by atoms with Crippen LogP contribution in [0.3, 0.4) is 0 Å². The van der Waals surface area contributed by atoms with Crippen molar-refractivity contribution in [3.63, 3.8) is 0 Å². The Labute approximate surface area is 208 Å². The first-order chi connectivity index (χ1) is 17.6. The lowest BCUT2D eigenvalue weighted by molar-refractivity contribution is 0.0952. The van der Waals surface area contributed by atoms with Crippen molar-refractivity contribution in [2.24, 2.45) is 5.73 Å². The fourth-order valence-electron chi connectivity index (χ4n) is 4.61. The molecule has 3 aromatic carbocycles. The van der Waals surface area contributed by atoms with Gasteiger partial charge < -0.3 is 25.5 Å². The van der Waals surface area contributed by atoms with Gasteiger partial charge in [-0.2, -0.15) is 0 Å². The van der Waals surface area contributed by atoms with Crippen LogP contribution in [-0.4, -0.2) is 29.1 Å². The van der Waals surface area contributed by atoms with Crippen molar-refractivity contribution >= 4 is 27.7 Å². The van der Waals surface area contributed by atoms with Crippen molar-refractivity contribution < 1.29 is 14.3 Å². The fraction of sp³-hybridized carbons (Fsp3) is 0.172. The van der Waals surface area contributed by atoms with Crippen molar-refractivity contribution in [3.05, 3.63) is 89.1 Å². The average Bonchev–Trinajstić information content (AvgIpc) is 3.33. The van der Waals surface area contributed by atoms with Gasteiger partial charge in [0.15, 0.2) is 11.5 Å². The minimum Gasteiger partial charge on any atom is -0.486 e. The number of fused-ring (bicyclic) bond motifs is 3. The summed E-state index contributed by atoms with van der Waals surface area (Å²) in [6.45, 7) is 3.91. The molecular weight excluding hydrogens is 452 g/mol. The Hall–Kier alpha value is -4.36. The normalized spacial score (nSPS) is 12.7. The van der Waals surface area contributed by atoms with Crippen molar-refractivity contribution in [2.75, 3.05) is 13.2 Å². The highest BCUT2D eigenvalue weighted by molar-refractivity contribution is 6.09. The van der Waals surface area contributed by atoms with Gasteiger partial charge in [0, 0.05) is 47.2 Å². The maximum atomic E-state index is 13.5. The molecule has 1 amide bonds. The van der Waals surface area contributed by atoms with Crippen molar-refractivity contribution in [3.8, 4) is 22.8 Å². The largest absolute Gasteiger partial charge is 0.486 e. The molecule has 180 valence electrons.